The number of hydrogen-bond donors (Lipinski definition) is 2. The normalized spacial score (nSPS) is 33.8. The standard InChI is InChI=1S/C17H22ClN3O2/c1-19-14-6-15(23-2)12(5-13(14)18)17(22)20-16-9-3-11-4-10(16)8-21(11)7-9/h5-6,9-11,16,19H,3-4,7-8H2,1-2H3,(H,20,22). The summed E-state index contributed by atoms with van der Waals surface area (Å²) in [6, 6.07) is 4.51. The molecule has 3 aliphatic heterocycles. The number of rotatable bonds is 4. The van der Waals surface area contributed by atoms with E-state index in [9.17, 15) is 4.79 Å². The lowest BCUT2D eigenvalue weighted by molar-refractivity contribution is 0.0871. The molecule has 1 aliphatic carbocycles. The van der Waals surface area contributed by atoms with E-state index in [0.717, 1.165) is 24.8 Å². The molecule has 1 amide bonds. The third kappa shape index (κ3) is 2.37. The number of methoxy groups -OCH3 is 1. The van der Waals surface area contributed by atoms with Crippen LogP contribution in [0.1, 0.15) is 23.2 Å². The topological polar surface area (TPSA) is 53.6 Å². The Bertz CT molecular complexity index is 621. The molecule has 3 heterocycles. The van der Waals surface area contributed by atoms with E-state index >= 15 is 0 Å². The number of hydrogen-bond acceptors (Lipinski definition) is 4. The second-order valence-electron chi connectivity index (χ2n) is 6.88. The highest BCUT2D eigenvalue weighted by Gasteiger charge is 2.52. The highest BCUT2D eigenvalue weighted by Crippen LogP contribution is 2.45. The van der Waals surface area contributed by atoms with Crippen molar-refractivity contribution in [3.63, 3.8) is 0 Å². The average Bonchev–Trinajstić information content (AvgIpc) is 3.03. The summed E-state index contributed by atoms with van der Waals surface area (Å²) in [4.78, 5) is 15.4. The zero-order chi connectivity index (χ0) is 16.1. The zero-order valence-corrected chi connectivity index (χ0v) is 14.2. The Balaban J connectivity index is 1.56. The van der Waals surface area contributed by atoms with E-state index in [1.54, 1.807) is 26.3 Å². The minimum absolute atomic E-state index is 0.0831. The number of carbonyl (C=O) groups is 1. The molecule has 4 aliphatic rings. The molecule has 5 nitrogen and oxygen atoms in total. The van der Waals surface area contributed by atoms with Gasteiger partial charge in [0, 0.05) is 38.3 Å². The van der Waals surface area contributed by atoms with Crippen LogP contribution in [0.15, 0.2) is 12.1 Å². The van der Waals surface area contributed by atoms with E-state index in [4.69, 9.17) is 16.3 Å². The number of nitrogens with one attached hydrogen (secondary N) is 2. The van der Waals surface area contributed by atoms with Crippen LogP contribution in [-0.4, -0.2) is 50.1 Å². The summed E-state index contributed by atoms with van der Waals surface area (Å²) in [5.74, 6) is 1.65. The summed E-state index contributed by atoms with van der Waals surface area (Å²) < 4.78 is 5.38. The van der Waals surface area contributed by atoms with Gasteiger partial charge in [-0.2, -0.15) is 0 Å². The Morgan fingerprint density at radius 3 is 2.57 bits per heavy atom. The van der Waals surface area contributed by atoms with Crippen molar-refractivity contribution in [1.29, 1.82) is 0 Å². The maximum Gasteiger partial charge on any atom is 0.255 e. The van der Waals surface area contributed by atoms with Gasteiger partial charge in [-0.3, -0.25) is 9.69 Å². The summed E-state index contributed by atoms with van der Waals surface area (Å²) in [5, 5.41) is 6.79. The fraction of sp³-hybridized carbons (Fsp3) is 0.588. The Morgan fingerprint density at radius 2 is 2.00 bits per heavy atom. The number of halogens is 1. The first-order valence-electron chi connectivity index (χ1n) is 8.21. The number of carbonyl (C=O) groups excluding carboxylic acids is 1. The smallest absolute Gasteiger partial charge is 0.255 e. The van der Waals surface area contributed by atoms with Crippen molar-refractivity contribution in [2.24, 2.45) is 11.8 Å². The molecule has 1 aromatic rings. The van der Waals surface area contributed by atoms with Crippen molar-refractivity contribution in [3.05, 3.63) is 22.7 Å². The van der Waals surface area contributed by atoms with E-state index in [-0.39, 0.29) is 11.9 Å². The monoisotopic (exact) mass is 335 g/mol. The van der Waals surface area contributed by atoms with Gasteiger partial charge in [-0.15, -0.1) is 0 Å². The van der Waals surface area contributed by atoms with Crippen LogP contribution in [0.5, 0.6) is 5.75 Å². The lowest BCUT2D eigenvalue weighted by Crippen LogP contribution is -2.50. The van der Waals surface area contributed by atoms with Gasteiger partial charge in [-0.05, 0) is 30.7 Å². The van der Waals surface area contributed by atoms with E-state index in [2.05, 4.69) is 15.5 Å². The second kappa shape index (κ2) is 5.56. The van der Waals surface area contributed by atoms with Gasteiger partial charge in [0.15, 0.2) is 0 Å². The molecule has 4 fully saturated rings. The molecule has 0 spiro atoms. The lowest BCUT2D eigenvalue weighted by Gasteiger charge is -2.35. The summed E-state index contributed by atoms with van der Waals surface area (Å²) in [5.41, 5.74) is 1.26. The second-order valence-corrected chi connectivity index (χ2v) is 7.29. The molecule has 0 radical (unpaired) electrons. The van der Waals surface area contributed by atoms with Crippen molar-refractivity contribution in [2.75, 3.05) is 32.6 Å². The van der Waals surface area contributed by atoms with Crippen LogP contribution in [0.4, 0.5) is 5.69 Å². The van der Waals surface area contributed by atoms with E-state index < -0.39 is 0 Å². The molecule has 1 aromatic carbocycles. The molecule has 0 aromatic heterocycles. The number of ether oxygens (including phenoxy) is 1. The van der Waals surface area contributed by atoms with Crippen LogP contribution in [0, 0.1) is 11.8 Å². The van der Waals surface area contributed by atoms with Gasteiger partial charge in [-0.25, -0.2) is 0 Å². The molecule has 124 valence electrons. The van der Waals surface area contributed by atoms with Gasteiger partial charge in [0.05, 0.1) is 23.4 Å². The predicted octanol–water partition coefficient (Wildman–Crippen LogP) is 2.21. The fourth-order valence-electron chi connectivity index (χ4n) is 4.68. The molecular formula is C17H22ClN3O2. The van der Waals surface area contributed by atoms with E-state index in [0.29, 0.717) is 28.2 Å². The van der Waals surface area contributed by atoms with Gasteiger partial charge in [0.25, 0.3) is 5.91 Å². The Hall–Kier alpha value is -1.46. The fourth-order valence-corrected chi connectivity index (χ4v) is 4.94. The molecule has 1 saturated carbocycles. The summed E-state index contributed by atoms with van der Waals surface area (Å²) in [6.07, 6.45) is 2.44. The van der Waals surface area contributed by atoms with Crippen LogP contribution in [-0.2, 0) is 0 Å². The lowest BCUT2D eigenvalue weighted by atomic mass is 9.78. The predicted molar refractivity (Wildman–Crippen MR) is 90.4 cm³/mol. The summed E-state index contributed by atoms with van der Waals surface area (Å²) in [6.45, 7) is 2.26. The first kappa shape index (κ1) is 15.1. The first-order valence-corrected chi connectivity index (χ1v) is 8.58. The quantitative estimate of drug-likeness (QED) is 0.886. The van der Waals surface area contributed by atoms with E-state index in [1.807, 2.05) is 0 Å². The van der Waals surface area contributed by atoms with Gasteiger partial charge in [0.1, 0.15) is 5.75 Å². The van der Waals surface area contributed by atoms with Crippen LogP contribution < -0.4 is 15.4 Å². The molecule has 2 N–H and O–H groups in total. The van der Waals surface area contributed by atoms with Crippen LogP contribution in [0.3, 0.4) is 0 Å². The first-order chi connectivity index (χ1) is 11.1. The van der Waals surface area contributed by atoms with Gasteiger partial charge in [-0.1, -0.05) is 11.6 Å². The van der Waals surface area contributed by atoms with Crippen LogP contribution >= 0.6 is 11.6 Å². The molecule has 4 bridgehead atoms. The number of anilines is 1. The van der Waals surface area contributed by atoms with Crippen molar-refractivity contribution in [1.82, 2.24) is 10.2 Å². The molecule has 6 heteroatoms. The van der Waals surface area contributed by atoms with Gasteiger partial charge < -0.3 is 15.4 Å². The molecule has 2 atom stereocenters. The average molecular weight is 336 g/mol. The Labute approximate surface area is 141 Å². The maximum absolute atomic E-state index is 12.8. The molecular weight excluding hydrogens is 314 g/mol. The summed E-state index contributed by atoms with van der Waals surface area (Å²) in [7, 11) is 3.37. The van der Waals surface area contributed by atoms with Crippen molar-refractivity contribution < 1.29 is 9.53 Å². The Morgan fingerprint density at radius 1 is 1.30 bits per heavy atom. The molecule has 5 rings (SSSR count). The van der Waals surface area contributed by atoms with Gasteiger partial charge in [0.2, 0.25) is 0 Å². The minimum atomic E-state index is -0.0831. The minimum Gasteiger partial charge on any atom is -0.496 e. The molecule has 2 unspecified atom stereocenters. The van der Waals surface area contributed by atoms with Crippen molar-refractivity contribution in [3.8, 4) is 5.75 Å². The Kier molecular flexibility index (Phi) is 3.65. The van der Waals surface area contributed by atoms with Gasteiger partial charge >= 0.3 is 0 Å². The molecule has 23 heavy (non-hydrogen) atoms. The number of amides is 1. The third-order valence-electron chi connectivity index (χ3n) is 5.72. The highest BCUT2D eigenvalue weighted by atomic mass is 35.5. The van der Waals surface area contributed by atoms with Crippen molar-refractivity contribution >= 4 is 23.2 Å². The third-order valence-corrected chi connectivity index (χ3v) is 6.03. The number of nitrogens with zero attached hydrogens (tertiary/aromatic N) is 1. The largest absolute Gasteiger partial charge is 0.496 e. The summed E-state index contributed by atoms with van der Waals surface area (Å²) >= 11 is 6.24. The molecule has 3 saturated heterocycles. The van der Waals surface area contributed by atoms with Crippen LogP contribution in [0.25, 0.3) is 0 Å². The zero-order valence-electron chi connectivity index (χ0n) is 13.4. The highest BCUT2D eigenvalue weighted by molar-refractivity contribution is 6.33. The maximum atomic E-state index is 12.8. The van der Waals surface area contributed by atoms with E-state index in [1.165, 1.54) is 12.8 Å². The number of piperidine rings is 1. The number of benzene rings is 1. The van der Waals surface area contributed by atoms with Crippen LogP contribution in [0.2, 0.25) is 5.02 Å². The van der Waals surface area contributed by atoms with Crippen molar-refractivity contribution in [2.45, 2.75) is 24.9 Å². The SMILES string of the molecule is CNc1cc(OC)c(C(=O)NC2C3CC4CC2CN4C3)cc1Cl.